The quantitative estimate of drug-likeness (QED) is 0.822. The predicted molar refractivity (Wildman–Crippen MR) is 93.3 cm³/mol. The zero-order valence-corrected chi connectivity index (χ0v) is 14.8. The van der Waals surface area contributed by atoms with Crippen molar-refractivity contribution in [3.63, 3.8) is 0 Å². The first-order chi connectivity index (χ1) is 11.0. The fraction of sp³-hybridized carbons (Fsp3) is 0.611. The van der Waals surface area contributed by atoms with E-state index in [0.29, 0.717) is 35.1 Å². The Morgan fingerprint density at radius 1 is 1.39 bits per heavy atom. The summed E-state index contributed by atoms with van der Waals surface area (Å²) in [6.07, 6.45) is 5.04. The molecule has 0 saturated heterocycles. The van der Waals surface area contributed by atoms with E-state index >= 15 is 0 Å². The van der Waals surface area contributed by atoms with Crippen molar-refractivity contribution in [2.75, 3.05) is 19.0 Å². The lowest BCUT2D eigenvalue weighted by Crippen LogP contribution is -2.42. The fourth-order valence-corrected chi connectivity index (χ4v) is 3.30. The minimum atomic E-state index is 0.0180. The molecule has 3 rings (SSSR count). The first-order valence-corrected chi connectivity index (χ1v) is 8.77. The molecule has 1 unspecified atom stereocenters. The maximum absolute atomic E-state index is 12.5. The van der Waals surface area contributed by atoms with Crippen LogP contribution in [0.5, 0.6) is 5.75 Å². The SMILES string of the molecule is COc1cc(Cl)c(C)cc1NC(=O)CN(C1CC1)C(C)C1CC1. The van der Waals surface area contributed by atoms with E-state index in [0.717, 1.165) is 11.5 Å². The molecule has 23 heavy (non-hydrogen) atoms. The number of nitrogens with zero attached hydrogens (tertiary/aromatic N) is 1. The van der Waals surface area contributed by atoms with Crippen LogP contribution in [-0.2, 0) is 4.79 Å². The molecule has 4 nitrogen and oxygen atoms in total. The average molecular weight is 337 g/mol. The Labute approximate surface area is 143 Å². The first kappa shape index (κ1) is 16.6. The molecule has 2 saturated carbocycles. The van der Waals surface area contributed by atoms with Crippen LogP contribution in [0.25, 0.3) is 0 Å². The topological polar surface area (TPSA) is 41.6 Å². The van der Waals surface area contributed by atoms with Crippen molar-refractivity contribution in [2.45, 2.75) is 51.6 Å². The van der Waals surface area contributed by atoms with E-state index < -0.39 is 0 Å². The van der Waals surface area contributed by atoms with Crippen LogP contribution in [0.3, 0.4) is 0 Å². The summed E-state index contributed by atoms with van der Waals surface area (Å²) in [5, 5.41) is 3.63. The molecule has 1 N–H and O–H groups in total. The Kier molecular flexibility index (Phi) is 4.83. The standard InChI is InChI=1S/C18H25ClN2O2/c1-11-8-16(17(23-3)9-15(11)19)20-18(22)10-21(14-6-7-14)12(2)13-4-5-13/h8-9,12-14H,4-7,10H2,1-3H3,(H,20,22). The normalized spacial score (nSPS) is 18.8. The van der Waals surface area contributed by atoms with Gasteiger partial charge in [0.1, 0.15) is 5.75 Å². The van der Waals surface area contributed by atoms with Crippen molar-refractivity contribution in [1.82, 2.24) is 4.90 Å². The van der Waals surface area contributed by atoms with Crippen molar-refractivity contribution in [2.24, 2.45) is 5.92 Å². The third-order valence-electron chi connectivity index (χ3n) is 4.92. The van der Waals surface area contributed by atoms with Gasteiger partial charge in [0.2, 0.25) is 5.91 Å². The summed E-state index contributed by atoms with van der Waals surface area (Å²) in [5.74, 6) is 1.39. The molecule has 1 aromatic rings. The van der Waals surface area contributed by atoms with Crippen LogP contribution in [0, 0.1) is 12.8 Å². The van der Waals surface area contributed by atoms with Crippen LogP contribution >= 0.6 is 11.6 Å². The van der Waals surface area contributed by atoms with E-state index in [1.54, 1.807) is 13.2 Å². The Morgan fingerprint density at radius 3 is 2.65 bits per heavy atom. The van der Waals surface area contributed by atoms with Gasteiger partial charge < -0.3 is 10.1 Å². The molecule has 1 amide bonds. The van der Waals surface area contributed by atoms with Crippen molar-refractivity contribution in [3.8, 4) is 5.75 Å². The van der Waals surface area contributed by atoms with Crippen LogP contribution in [0.1, 0.15) is 38.2 Å². The molecule has 2 aliphatic carbocycles. The van der Waals surface area contributed by atoms with E-state index in [1.807, 2.05) is 13.0 Å². The maximum atomic E-state index is 12.5. The molecule has 0 heterocycles. The molecule has 0 aliphatic heterocycles. The second-order valence-electron chi connectivity index (χ2n) is 6.83. The van der Waals surface area contributed by atoms with E-state index in [9.17, 15) is 4.79 Å². The van der Waals surface area contributed by atoms with Gasteiger partial charge in [-0.1, -0.05) is 11.6 Å². The number of rotatable bonds is 7. The Hall–Kier alpha value is -1.26. The lowest BCUT2D eigenvalue weighted by molar-refractivity contribution is -0.118. The van der Waals surface area contributed by atoms with Gasteiger partial charge in [-0.3, -0.25) is 9.69 Å². The van der Waals surface area contributed by atoms with Crippen molar-refractivity contribution < 1.29 is 9.53 Å². The molecule has 0 aromatic heterocycles. The molecule has 1 aromatic carbocycles. The lowest BCUT2D eigenvalue weighted by atomic mass is 10.1. The molecule has 1 atom stereocenters. The zero-order chi connectivity index (χ0) is 16.6. The largest absolute Gasteiger partial charge is 0.495 e. The van der Waals surface area contributed by atoms with E-state index in [4.69, 9.17) is 16.3 Å². The van der Waals surface area contributed by atoms with Gasteiger partial charge in [0.15, 0.2) is 0 Å². The number of hydrogen-bond donors (Lipinski definition) is 1. The van der Waals surface area contributed by atoms with Gasteiger partial charge in [-0.25, -0.2) is 0 Å². The van der Waals surface area contributed by atoms with E-state index in [-0.39, 0.29) is 5.91 Å². The number of anilines is 1. The number of halogens is 1. The van der Waals surface area contributed by atoms with Gasteiger partial charge in [-0.2, -0.15) is 0 Å². The third kappa shape index (κ3) is 3.99. The molecule has 126 valence electrons. The van der Waals surface area contributed by atoms with Gasteiger partial charge in [-0.05, 0) is 57.1 Å². The van der Waals surface area contributed by atoms with Crippen LogP contribution in [0.4, 0.5) is 5.69 Å². The molecule has 0 bridgehead atoms. The highest BCUT2D eigenvalue weighted by Crippen LogP contribution is 2.39. The highest BCUT2D eigenvalue weighted by Gasteiger charge is 2.39. The Morgan fingerprint density at radius 2 is 2.09 bits per heavy atom. The fourth-order valence-electron chi connectivity index (χ4n) is 3.15. The molecule has 2 fully saturated rings. The molecule has 5 heteroatoms. The number of amides is 1. The minimum absolute atomic E-state index is 0.0180. The molecular formula is C18H25ClN2O2. The lowest BCUT2D eigenvalue weighted by Gasteiger charge is -2.28. The summed E-state index contributed by atoms with van der Waals surface area (Å²) in [7, 11) is 1.59. The minimum Gasteiger partial charge on any atom is -0.495 e. The van der Waals surface area contributed by atoms with Gasteiger partial charge in [0.05, 0.1) is 19.3 Å². The van der Waals surface area contributed by atoms with Gasteiger partial charge in [-0.15, -0.1) is 0 Å². The molecular weight excluding hydrogens is 312 g/mol. The smallest absolute Gasteiger partial charge is 0.238 e. The second-order valence-corrected chi connectivity index (χ2v) is 7.24. The van der Waals surface area contributed by atoms with Gasteiger partial charge >= 0.3 is 0 Å². The highest BCUT2D eigenvalue weighted by atomic mass is 35.5. The summed E-state index contributed by atoms with van der Waals surface area (Å²) < 4.78 is 5.33. The number of methoxy groups -OCH3 is 1. The zero-order valence-electron chi connectivity index (χ0n) is 14.1. The first-order valence-electron chi connectivity index (χ1n) is 8.39. The molecule has 2 aliphatic rings. The predicted octanol–water partition coefficient (Wildman–Crippen LogP) is 3.86. The highest BCUT2D eigenvalue weighted by molar-refractivity contribution is 6.31. The van der Waals surface area contributed by atoms with Crippen LogP contribution in [-0.4, -0.2) is 36.5 Å². The summed E-state index contributed by atoms with van der Waals surface area (Å²) in [4.78, 5) is 14.9. The number of ether oxygens (including phenoxy) is 1. The summed E-state index contributed by atoms with van der Waals surface area (Å²) in [6.45, 7) is 4.63. The Bertz CT molecular complexity index is 597. The molecule has 0 radical (unpaired) electrons. The number of nitrogens with one attached hydrogen (secondary N) is 1. The number of benzene rings is 1. The number of aryl methyl sites for hydroxylation is 1. The van der Waals surface area contributed by atoms with Crippen LogP contribution in [0.2, 0.25) is 5.02 Å². The second kappa shape index (κ2) is 6.70. The average Bonchev–Trinajstić information content (AvgIpc) is 3.39. The monoisotopic (exact) mass is 336 g/mol. The maximum Gasteiger partial charge on any atom is 0.238 e. The van der Waals surface area contributed by atoms with E-state index in [2.05, 4.69) is 17.1 Å². The summed E-state index contributed by atoms with van der Waals surface area (Å²) in [6, 6.07) is 4.70. The molecule has 0 spiro atoms. The van der Waals surface area contributed by atoms with Crippen molar-refractivity contribution in [1.29, 1.82) is 0 Å². The van der Waals surface area contributed by atoms with Crippen LogP contribution in [0.15, 0.2) is 12.1 Å². The number of hydrogen-bond acceptors (Lipinski definition) is 3. The number of carbonyl (C=O) groups is 1. The Balaban J connectivity index is 1.67. The van der Waals surface area contributed by atoms with Gasteiger partial charge in [0.25, 0.3) is 0 Å². The van der Waals surface area contributed by atoms with Crippen LogP contribution < -0.4 is 10.1 Å². The summed E-state index contributed by atoms with van der Waals surface area (Å²) in [5.41, 5.74) is 1.61. The summed E-state index contributed by atoms with van der Waals surface area (Å²) >= 11 is 6.12. The third-order valence-corrected chi connectivity index (χ3v) is 5.33. The van der Waals surface area contributed by atoms with E-state index in [1.165, 1.54) is 25.7 Å². The number of carbonyl (C=O) groups excluding carboxylic acids is 1. The van der Waals surface area contributed by atoms with Gasteiger partial charge in [0, 0.05) is 23.2 Å². The van der Waals surface area contributed by atoms with Crippen molar-refractivity contribution >= 4 is 23.2 Å². The van der Waals surface area contributed by atoms with Crippen molar-refractivity contribution in [3.05, 3.63) is 22.7 Å².